The molecule has 18 heavy (non-hydrogen) atoms. The number of hydrogen-bond acceptors (Lipinski definition) is 3. The first-order valence-electron chi connectivity index (χ1n) is 5.87. The normalized spacial score (nSPS) is 10.4. The smallest absolute Gasteiger partial charge is 0.323 e. The number of rotatable bonds is 6. The van der Waals surface area contributed by atoms with Crippen molar-refractivity contribution in [3.8, 4) is 0 Å². The maximum atomic E-state index is 12.0. The van der Waals surface area contributed by atoms with Gasteiger partial charge in [-0.2, -0.15) is 0 Å². The average molecular weight is 250 g/mol. The zero-order chi connectivity index (χ0) is 13.5. The van der Waals surface area contributed by atoms with Gasteiger partial charge in [-0.3, -0.25) is 14.6 Å². The van der Waals surface area contributed by atoms with Crippen LogP contribution in [-0.4, -0.2) is 40.0 Å². The van der Waals surface area contributed by atoms with Gasteiger partial charge < -0.3 is 10.0 Å². The maximum absolute atomic E-state index is 12.0. The molecule has 5 heteroatoms. The van der Waals surface area contributed by atoms with Gasteiger partial charge in [0.05, 0.1) is 6.42 Å². The number of hydrogen-bond donors (Lipinski definition) is 1. The van der Waals surface area contributed by atoms with E-state index >= 15 is 0 Å². The Morgan fingerprint density at radius 2 is 2.17 bits per heavy atom. The van der Waals surface area contributed by atoms with Crippen LogP contribution in [0, 0.1) is 5.92 Å². The van der Waals surface area contributed by atoms with E-state index in [4.69, 9.17) is 5.11 Å². The Labute approximate surface area is 106 Å². The Morgan fingerprint density at radius 3 is 2.67 bits per heavy atom. The van der Waals surface area contributed by atoms with Gasteiger partial charge >= 0.3 is 5.97 Å². The predicted octanol–water partition coefficient (Wildman–Crippen LogP) is 1.19. The van der Waals surface area contributed by atoms with Crippen molar-refractivity contribution >= 4 is 11.9 Å². The lowest BCUT2D eigenvalue weighted by Gasteiger charge is -2.22. The lowest BCUT2D eigenvalue weighted by atomic mass is 10.1. The summed E-state index contributed by atoms with van der Waals surface area (Å²) in [4.78, 5) is 28.1. The molecule has 0 aliphatic carbocycles. The van der Waals surface area contributed by atoms with Crippen molar-refractivity contribution in [2.75, 3.05) is 13.1 Å². The zero-order valence-corrected chi connectivity index (χ0v) is 10.7. The molecule has 0 saturated carbocycles. The maximum Gasteiger partial charge on any atom is 0.323 e. The van der Waals surface area contributed by atoms with Gasteiger partial charge in [-0.1, -0.05) is 19.9 Å². The summed E-state index contributed by atoms with van der Waals surface area (Å²) in [6.07, 6.45) is 3.44. The molecule has 0 atom stereocenters. The highest BCUT2D eigenvalue weighted by Crippen LogP contribution is 2.04. The number of aromatic nitrogens is 1. The zero-order valence-electron chi connectivity index (χ0n) is 10.7. The van der Waals surface area contributed by atoms with E-state index in [9.17, 15) is 9.59 Å². The molecular weight excluding hydrogens is 232 g/mol. The number of carboxylic acids is 1. The molecule has 0 fully saturated rings. The molecule has 1 aromatic rings. The van der Waals surface area contributed by atoms with Crippen LogP contribution in [0.4, 0.5) is 0 Å². The summed E-state index contributed by atoms with van der Waals surface area (Å²) in [5.74, 6) is -0.934. The van der Waals surface area contributed by atoms with Crippen LogP contribution in [0.3, 0.4) is 0 Å². The monoisotopic (exact) mass is 250 g/mol. The molecule has 1 heterocycles. The van der Waals surface area contributed by atoms with E-state index in [0.29, 0.717) is 6.54 Å². The molecule has 1 amide bonds. The molecule has 98 valence electrons. The first kappa shape index (κ1) is 14.2. The van der Waals surface area contributed by atoms with Gasteiger partial charge in [0, 0.05) is 18.9 Å². The van der Waals surface area contributed by atoms with Crippen molar-refractivity contribution in [3.63, 3.8) is 0 Å². The molecule has 0 aromatic carbocycles. The highest BCUT2D eigenvalue weighted by atomic mass is 16.4. The number of pyridine rings is 1. The van der Waals surface area contributed by atoms with Crippen LogP contribution >= 0.6 is 0 Å². The van der Waals surface area contributed by atoms with Gasteiger partial charge in [0.1, 0.15) is 6.54 Å². The van der Waals surface area contributed by atoms with E-state index in [1.165, 1.54) is 4.90 Å². The summed E-state index contributed by atoms with van der Waals surface area (Å²) in [7, 11) is 0. The second-order valence-electron chi connectivity index (χ2n) is 4.60. The quantitative estimate of drug-likeness (QED) is 0.823. The Hall–Kier alpha value is -1.91. The third-order valence-corrected chi connectivity index (χ3v) is 2.34. The summed E-state index contributed by atoms with van der Waals surface area (Å²) < 4.78 is 0. The first-order chi connectivity index (χ1) is 8.49. The molecule has 0 spiro atoms. The Morgan fingerprint density at radius 1 is 1.44 bits per heavy atom. The van der Waals surface area contributed by atoms with Gasteiger partial charge in [0.15, 0.2) is 0 Å². The molecule has 0 saturated heterocycles. The van der Waals surface area contributed by atoms with E-state index in [0.717, 1.165) is 5.56 Å². The second kappa shape index (κ2) is 6.74. The number of carbonyl (C=O) groups excluding carboxylic acids is 1. The number of carbonyl (C=O) groups is 2. The Balaban J connectivity index is 2.67. The molecule has 5 nitrogen and oxygen atoms in total. The fraction of sp³-hybridized carbons (Fsp3) is 0.462. The van der Waals surface area contributed by atoms with E-state index in [1.807, 2.05) is 13.8 Å². The Kier molecular flexibility index (Phi) is 5.30. The highest BCUT2D eigenvalue weighted by molar-refractivity contribution is 5.82. The van der Waals surface area contributed by atoms with Crippen molar-refractivity contribution < 1.29 is 14.7 Å². The van der Waals surface area contributed by atoms with Crippen LogP contribution in [-0.2, 0) is 16.0 Å². The fourth-order valence-electron chi connectivity index (χ4n) is 1.65. The van der Waals surface area contributed by atoms with Crippen molar-refractivity contribution in [3.05, 3.63) is 30.1 Å². The number of carboxylic acid groups (broad SMARTS) is 1. The molecule has 0 unspecified atom stereocenters. The predicted molar refractivity (Wildman–Crippen MR) is 67.0 cm³/mol. The summed E-state index contributed by atoms with van der Waals surface area (Å²) in [5, 5.41) is 8.81. The summed E-state index contributed by atoms with van der Waals surface area (Å²) in [6.45, 7) is 4.10. The van der Waals surface area contributed by atoms with Crippen LogP contribution in [0.15, 0.2) is 24.5 Å². The number of aliphatic carboxylic acids is 1. The van der Waals surface area contributed by atoms with E-state index in [-0.39, 0.29) is 24.8 Å². The van der Waals surface area contributed by atoms with Gasteiger partial charge in [-0.05, 0) is 17.5 Å². The molecule has 0 aliphatic heterocycles. The summed E-state index contributed by atoms with van der Waals surface area (Å²) >= 11 is 0. The minimum atomic E-state index is -0.991. The van der Waals surface area contributed by atoms with Crippen LogP contribution in [0.1, 0.15) is 19.4 Å². The largest absolute Gasteiger partial charge is 0.480 e. The SMILES string of the molecule is CC(C)CN(CC(=O)O)C(=O)Cc1cccnc1. The number of nitrogens with zero attached hydrogens (tertiary/aromatic N) is 2. The van der Waals surface area contributed by atoms with E-state index < -0.39 is 5.97 Å². The van der Waals surface area contributed by atoms with Gasteiger partial charge in [-0.15, -0.1) is 0 Å². The molecule has 1 aromatic heterocycles. The lowest BCUT2D eigenvalue weighted by Crippen LogP contribution is -2.39. The number of amides is 1. The van der Waals surface area contributed by atoms with E-state index in [2.05, 4.69) is 4.98 Å². The van der Waals surface area contributed by atoms with Crippen LogP contribution < -0.4 is 0 Å². The molecule has 1 rings (SSSR count). The Bertz CT molecular complexity index is 404. The average Bonchev–Trinajstić information content (AvgIpc) is 2.28. The van der Waals surface area contributed by atoms with Gasteiger partial charge in [0.2, 0.25) is 5.91 Å². The standard InChI is InChI=1S/C13H18N2O3/c1-10(2)8-15(9-13(17)18)12(16)6-11-4-3-5-14-7-11/h3-5,7,10H,6,8-9H2,1-2H3,(H,17,18). The van der Waals surface area contributed by atoms with Gasteiger partial charge in [0.25, 0.3) is 0 Å². The lowest BCUT2D eigenvalue weighted by molar-refractivity contribution is -0.144. The summed E-state index contributed by atoms with van der Waals surface area (Å²) in [6, 6.07) is 3.56. The third-order valence-electron chi connectivity index (χ3n) is 2.34. The fourth-order valence-corrected chi connectivity index (χ4v) is 1.65. The third kappa shape index (κ3) is 4.95. The minimum absolute atomic E-state index is 0.181. The first-order valence-corrected chi connectivity index (χ1v) is 5.87. The van der Waals surface area contributed by atoms with Crippen molar-refractivity contribution in [2.45, 2.75) is 20.3 Å². The van der Waals surface area contributed by atoms with Crippen LogP contribution in [0.25, 0.3) is 0 Å². The highest BCUT2D eigenvalue weighted by Gasteiger charge is 2.18. The molecule has 0 bridgehead atoms. The molecule has 0 radical (unpaired) electrons. The molecule has 0 aliphatic rings. The second-order valence-corrected chi connectivity index (χ2v) is 4.60. The van der Waals surface area contributed by atoms with Crippen LogP contribution in [0.2, 0.25) is 0 Å². The van der Waals surface area contributed by atoms with Crippen molar-refractivity contribution in [1.29, 1.82) is 0 Å². The van der Waals surface area contributed by atoms with Crippen molar-refractivity contribution in [2.24, 2.45) is 5.92 Å². The van der Waals surface area contributed by atoms with E-state index in [1.54, 1.807) is 24.5 Å². The molecule has 1 N–H and O–H groups in total. The van der Waals surface area contributed by atoms with Crippen molar-refractivity contribution in [1.82, 2.24) is 9.88 Å². The minimum Gasteiger partial charge on any atom is -0.480 e. The summed E-state index contributed by atoms with van der Waals surface area (Å²) in [5.41, 5.74) is 0.793. The molecular formula is C13H18N2O3. The topological polar surface area (TPSA) is 70.5 Å². The van der Waals surface area contributed by atoms with Gasteiger partial charge in [-0.25, -0.2) is 0 Å². The van der Waals surface area contributed by atoms with Crippen LogP contribution in [0.5, 0.6) is 0 Å².